The van der Waals surface area contributed by atoms with E-state index in [9.17, 15) is 4.57 Å². The molecule has 1 rings (SSSR count). The Morgan fingerprint density at radius 1 is 1.83 bits per heavy atom. The Morgan fingerprint density at radius 3 is 2.92 bits per heavy atom. The first-order valence-electron chi connectivity index (χ1n) is 3.60. The van der Waals surface area contributed by atoms with Gasteiger partial charge in [-0.25, -0.2) is 4.67 Å². The summed E-state index contributed by atoms with van der Waals surface area (Å²) < 4.78 is 18.7. The van der Waals surface area contributed by atoms with E-state index >= 15 is 0 Å². The maximum absolute atomic E-state index is 11.8. The Labute approximate surface area is 77.1 Å². The van der Waals surface area contributed by atoms with Crippen LogP contribution >= 0.6 is 18.1 Å². The summed E-state index contributed by atoms with van der Waals surface area (Å²) in [7, 11) is 1.78. The van der Waals surface area contributed by atoms with Crippen LogP contribution in [-0.2, 0) is 9.09 Å². The van der Waals surface area contributed by atoms with Crippen LogP contribution in [0.15, 0.2) is 0 Å². The summed E-state index contributed by atoms with van der Waals surface area (Å²) in [6.45, 7) is -1.50. The summed E-state index contributed by atoms with van der Waals surface area (Å²) in [5.74, 6) is 2.67. The molecule has 0 aliphatic carbocycles. The topological polar surface area (TPSA) is 29.5 Å². The molecule has 1 aliphatic heterocycles. The van der Waals surface area contributed by atoms with Crippen molar-refractivity contribution in [2.45, 2.75) is 0 Å². The molecule has 0 N–H and O–H groups in total. The van der Waals surface area contributed by atoms with Crippen LogP contribution in [0.25, 0.3) is 0 Å². The Hall–Kier alpha value is 0.0600. The number of terminal acetylenes is 1. The number of hydrogen-bond acceptors (Lipinski definition) is 3. The second-order valence-corrected chi connectivity index (χ2v) is 7.37. The first-order chi connectivity index (χ1) is 5.62. The summed E-state index contributed by atoms with van der Waals surface area (Å²) >= 11 is 1.26. The van der Waals surface area contributed by atoms with E-state index in [2.05, 4.69) is 5.92 Å². The summed E-state index contributed by atoms with van der Waals surface area (Å²) in [6, 6.07) is 0. The van der Waals surface area contributed by atoms with Gasteiger partial charge in [0, 0.05) is 6.54 Å². The lowest BCUT2D eigenvalue weighted by Crippen LogP contribution is -2.30. The maximum atomic E-state index is 11.8. The molecule has 0 aromatic rings. The third-order valence-electron chi connectivity index (χ3n) is 1.81. The van der Waals surface area contributed by atoms with Crippen molar-refractivity contribution in [3.05, 3.63) is 0 Å². The average Bonchev–Trinajstić information content (AvgIpc) is 2.10. The molecule has 1 fully saturated rings. The number of hydrogen-bond donors (Lipinski definition) is 0. The Morgan fingerprint density at radius 2 is 2.50 bits per heavy atom. The molecule has 0 bridgehead atoms. The fourth-order valence-corrected chi connectivity index (χ4v) is 3.93. The van der Waals surface area contributed by atoms with Crippen molar-refractivity contribution >= 4 is 18.1 Å². The molecule has 0 aromatic carbocycles. The first kappa shape index (κ1) is 10.1. The highest BCUT2D eigenvalue weighted by atomic mass is 32.7. The monoisotopic (exact) mass is 205 g/mol. The van der Waals surface area contributed by atoms with Gasteiger partial charge in [0.15, 0.2) is 0 Å². The zero-order chi connectivity index (χ0) is 9.19. The van der Waals surface area contributed by atoms with Gasteiger partial charge >= 0.3 is 6.72 Å². The normalized spacial score (nSPS) is 37.6. The average molecular weight is 205 g/mol. The lowest BCUT2D eigenvalue weighted by molar-refractivity contribution is 0.203. The minimum atomic E-state index is -2.58. The molecule has 0 saturated carbocycles. The van der Waals surface area contributed by atoms with E-state index in [0.717, 1.165) is 0 Å². The first-order valence-corrected chi connectivity index (χ1v) is 7.01. The zero-order valence-electron chi connectivity index (χ0n) is 7.19. The van der Waals surface area contributed by atoms with Crippen LogP contribution in [0.2, 0.25) is 0 Å². The summed E-state index contributed by atoms with van der Waals surface area (Å²) in [5.41, 5.74) is 0. The highest BCUT2D eigenvalue weighted by Gasteiger charge is 2.34. The van der Waals surface area contributed by atoms with Crippen LogP contribution in [-0.4, -0.2) is 31.1 Å². The van der Waals surface area contributed by atoms with Gasteiger partial charge in [0.2, 0.25) is 0 Å². The minimum Gasteiger partial charge on any atom is -0.308 e. The highest BCUT2D eigenvalue weighted by molar-refractivity contribution is 8.55. The van der Waals surface area contributed by atoms with E-state index in [1.807, 2.05) is 0 Å². The fraction of sp³-hybridized carbons (Fsp3) is 0.714. The van der Waals surface area contributed by atoms with Gasteiger partial charge in [-0.05, 0) is 13.3 Å². The standard InChI is InChI=1S/C7H12NO2PS/c1-4-7-5-8(2)11(9,12-3)10-6-7/h1,7H,5-6H2,2-3H3. The molecule has 5 heteroatoms. The summed E-state index contributed by atoms with van der Waals surface area (Å²) in [6.07, 6.45) is 7.03. The molecule has 2 atom stereocenters. The molecule has 0 amide bonds. The van der Waals surface area contributed by atoms with Crippen LogP contribution in [0.3, 0.4) is 0 Å². The third kappa shape index (κ3) is 1.86. The zero-order valence-corrected chi connectivity index (χ0v) is 8.90. The SMILES string of the molecule is C#CC1COP(=O)(SC)N(C)C1. The van der Waals surface area contributed by atoms with Crippen LogP contribution < -0.4 is 0 Å². The van der Waals surface area contributed by atoms with Gasteiger partial charge in [0.25, 0.3) is 0 Å². The van der Waals surface area contributed by atoms with Crippen molar-refractivity contribution in [1.29, 1.82) is 0 Å². The van der Waals surface area contributed by atoms with Crippen LogP contribution in [0, 0.1) is 18.3 Å². The molecule has 0 radical (unpaired) electrons. The van der Waals surface area contributed by atoms with Crippen LogP contribution in [0.1, 0.15) is 0 Å². The van der Waals surface area contributed by atoms with Gasteiger partial charge in [-0.3, -0.25) is 4.57 Å². The molecule has 0 aromatic heterocycles. The second-order valence-electron chi connectivity index (χ2n) is 2.65. The lowest BCUT2D eigenvalue weighted by Gasteiger charge is -2.33. The van der Waals surface area contributed by atoms with Gasteiger partial charge in [-0.1, -0.05) is 17.3 Å². The van der Waals surface area contributed by atoms with Gasteiger partial charge in [0.05, 0.1) is 12.5 Å². The van der Waals surface area contributed by atoms with E-state index in [1.165, 1.54) is 11.4 Å². The Bertz CT molecular complexity index is 250. The molecule has 12 heavy (non-hydrogen) atoms. The molecule has 68 valence electrons. The van der Waals surface area contributed by atoms with Gasteiger partial charge in [0.1, 0.15) is 0 Å². The van der Waals surface area contributed by atoms with E-state index in [0.29, 0.717) is 13.2 Å². The molecule has 0 spiro atoms. The third-order valence-corrected chi connectivity index (χ3v) is 6.28. The minimum absolute atomic E-state index is 0.0734. The number of nitrogens with zero attached hydrogens (tertiary/aromatic N) is 1. The molecular formula is C7H12NO2PS. The number of rotatable bonds is 1. The second kappa shape index (κ2) is 3.85. The Balaban J connectivity index is 2.67. The summed E-state index contributed by atoms with van der Waals surface area (Å²) in [4.78, 5) is 0. The largest absolute Gasteiger partial charge is 0.328 e. The van der Waals surface area contributed by atoms with E-state index in [-0.39, 0.29) is 5.92 Å². The van der Waals surface area contributed by atoms with E-state index in [1.54, 1.807) is 18.0 Å². The van der Waals surface area contributed by atoms with Crippen molar-refractivity contribution in [1.82, 2.24) is 4.67 Å². The van der Waals surface area contributed by atoms with Gasteiger partial charge < -0.3 is 4.52 Å². The molecule has 2 unspecified atom stereocenters. The molecular weight excluding hydrogens is 193 g/mol. The lowest BCUT2D eigenvalue weighted by atomic mass is 10.2. The molecule has 1 heterocycles. The predicted octanol–water partition coefficient (Wildman–Crippen LogP) is 1.67. The van der Waals surface area contributed by atoms with Crippen molar-refractivity contribution in [3.63, 3.8) is 0 Å². The smallest absolute Gasteiger partial charge is 0.308 e. The van der Waals surface area contributed by atoms with Crippen molar-refractivity contribution < 1.29 is 9.09 Å². The predicted molar refractivity (Wildman–Crippen MR) is 52.0 cm³/mol. The van der Waals surface area contributed by atoms with Crippen molar-refractivity contribution in [2.75, 3.05) is 26.5 Å². The summed E-state index contributed by atoms with van der Waals surface area (Å²) in [5, 5.41) is 0. The van der Waals surface area contributed by atoms with Crippen molar-refractivity contribution in [2.24, 2.45) is 5.92 Å². The fourth-order valence-electron chi connectivity index (χ4n) is 1.05. The van der Waals surface area contributed by atoms with Gasteiger partial charge in [-0.15, -0.1) is 6.42 Å². The quantitative estimate of drug-likeness (QED) is 0.481. The van der Waals surface area contributed by atoms with Crippen LogP contribution in [0.5, 0.6) is 0 Å². The molecule has 3 nitrogen and oxygen atoms in total. The van der Waals surface area contributed by atoms with Crippen molar-refractivity contribution in [3.8, 4) is 12.3 Å². The Kier molecular flexibility index (Phi) is 3.25. The highest BCUT2D eigenvalue weighted by Crippen LogP contribution is 2.62. The van der Waals surface area contributed by atoms with E-state index < -0.39 is 6.72 Å². The maximum Gasteiger partial charge on any atom is 0.328 e. The van der Waals surface area contributed by atoms with Crippen LogP contribution in [0.4, 0.5) is 0 Å². The van der Waals surface area contributed by atoms with Gasteiger partial charge in [-0.2, -0.15) is 0 Å². The molecule has 1 aliphatic rings. The molecule has 1 saturated heterocycles. The van der Waals surface area contributed by atoms with E-state index in [4.69, 9.17) is 10.9 Å².